The van der Waals surface area contributed by atoms with Crippen molar-refractivity contribution in [3.63, 3.8) is 0 Å². The number of rotatable bonds is 4. The molecule has 0 spiro atoms. The molecular formula is C18H26I2O3S. The summed E-state index contributed by atoms with van der Waals surface area (Å²) in [6.07, 6.45) is 0. The minimum absolute atomic E-state index is 0.592. The van der Waals surface area contributed by atoms with E-state index in [4.69, 9.17) is 8.92 Å². The summed E-state index contributed by atoms with van der Waals surface area (Å²) in [4.78, 5) is 0.608. The first-order chi connectivity index (χ1) is 11.7. The normalized spacial score (nSPS) is 9.67. The zero-order valence-electron chi connectivity index (χ0n) is 15.0. The number of hydrogen-bond donors (Lipinski definition) is 0. The Bertz CT molecular complexity index is 543. The lowest BCUT2D eigenvalue weighted by atomic mass is 10.2. The lowest BCUT2D eigenvalue weighted by Crippen LogP contribution is -2.00. The Kier molecular flexibility index (Phi) is 18.8. The number of halogens is 2. The third-order valence-electron chi connectivity index (χ3n) is 2.44. The molecular weight excluding hydrogens is 550 g/mol. The van der Waals surface area contributed by atoms with Crippen LogP contribution in [0.5, 0.6) is 11.5 Å². The molecule has 0 radical (unpaired) electrons. The maximum Gasteiger partial charge on any atom is 0.240 e. The molecule has 3 nitrogen and oxygen atoms in total. The van der Waals surface area contributed by atoms with Gasteiger partial charge in [-0.25, -0.2) is 4.21 Å². The summed E-state index contributed by atoms with van der Waals surface area (Å²) in [5.74, 6) is 1.32. The van der Waals surface area contributed by atoms with E-state index in [1.807, 2.05) is 46.8 Å². The van der Waals surface area contributed by atoms with Gasteiger partial charge >= 0.3 is 0 Å². The number of methoxy groups -OCH3 is 1. The van der Waals surface area contributed by atoms with Crippen molar-refractivity contribution in [2.75, 3.05) is 7.11 Å². The predicted octanol–water partition coefficient (Wildman–Crippen LogP) is 6.93. The zero-order valence-corrected chi connectivity index (χ0v) is 20.1. The van der Waals surface area contributed by atoms with Gasteiger partial charge in [-0.15, -0.1) is 0 Å². The first kappa shape index (κ1) is 25.9. The first-order valence-corrected chi connectivity index (χ1v) is 15.0. The third-order valence-corrected chi connectivity index (χ3v) is 3.45. The highest BCUT2D eigenvalue weighted by atomic mass is 128. The standard InChI is InChI=1S/C14H14O3S.2C2H6.I2/c1-11-3-5-13(6-4-11)17-18(15)14-9-7-12(16-2)8-10-14;3*1-2/h3-10H,1-2H3;2*1-2H3;. The van der Waals surface area contributed by atoms with Crippen LogP contribution in [0.25, 0.3) is 0 Å². The Labute approximate surface area is 172 Å². The summed E-state index contributed by atoms with van der Waals surface area (Å²) in [6, 6.07) is 14.4. The van der Waals surface area contributed by atoms with E-state index in [9.17, 15) is 4.21 Å². The minimum atomic E-state index is -1.51. The molecule has 0 heterocycles. The van der Waals surface area contributed by atoms with E-state index in [0.29, 0.717) is 10.6 Å². The molecule has 0 aromatic heterocycles. The highest BCUT2D eigenvalue weighted by Crippen LogP contribution is 2.18. The van der Waals surface area contributed by atoms with Crippen LogP contribution in [0.2, 0.25) is 0 Å². The van der Waals surface area contributed by atoms with Crippen molar-refractivity contribution < 1.29 is 13.1 Å². The van der Waals surface area contributed by atoms with E-state index in [-0.39, 0.29) is 0 Å². The summed E-state index contributed by atoms with van der Waals surface area (Å²) in [7, 11) is 1.59. The van der Waals surface area contributed by atoms with Gasteiger partial charge in [0.2, 0.25) is 11.1 Å². The molecule has 0 N–H and O–H groups in total. The molecule has 0 amide bonds. The molecule has 1 atom stereocenters. The van der Waals surface area contributed by atoms with E-state index in [1.54, 1.807) is 43.5 Å². The molecule has 0 fully saturated rings. The van der Waals surface area contributed by atoms with E-state index >= 15 is 0 Å². The van der Waals surface area contributed by atoms with Gasteiger partial charge in [-0.3, -0.25) is 0 Å². The quantitative estimate of drug-likeness (QED) is 0.371. The Morgan fingerprint density at radius 1 is 0.792 bits per heavy atom. The molecule has 0 aliphatic heterocycles. The van der Waals surface area contributed by atoms with Gasteiger partial charge in [0.25, 0.3) is 0 Å². The minimum Gasteiger partial charge on any atom is -0.497 e. The monoisotopic (exact) mass is 576 g/mol. The molecule has 136 valence electrons. The fourth-order valence-corrected chi connectivity index (χ4v) is 2.16. The van der Waals surface area contributed by atoms with Crippen LogP contribution in [-0.4, -0.2) is 11.3 Å². The van der Waals surface area contributed by atoms with Gasteiger partial charge in [0.15, 0.2) is 0 Å². The van der Waals surface area contributed by atoms with Crippen molar-refractivity contribution in [2.45, 2.75) is 39.5 Å². The van der Waals surface area contributed by atoms with E-state index in [0.717, 1.165) is 11.3 Å². The number of aryl methyl sites for hydroxylation is 1. The number of benzene rings is 2. The fraction of sp³-hybridized carbons (Fsp3) is 0.333. The van der Waals surface area contributed by atoms with E-state index in [2.05, 4.69) is 37.2 Å². The van der Waals surface area contributed by atoms with E-state index < -0.39 is 11.1 Å². The Hall–Kier alpha value is -0.350. The maximum atomic E-state index is 11.9. The number of ether oxygens (including phenoxy) is 1. The van der Waals surface area contributed by atoms with Crippen molar-refractivity contribution >= 4 is 48.3 Å². The summed E-state index contributed by atoms with van der Waals surface area (Å²) in [5.41, 5.74) is 1.14. The van der Waals surface area contributed by atoms with Crippen LogP contribution in [-0.2, 0) is 11.1 Å². The lowest BCUT2D eigenvalue weighted by molar-refractivity contribution is 0.414. The van der Waals surface area contributed by atoms with Gasteiger partial charge in [0.05, 0.1) is 12.0 Å². The van der Waals surface area contributed by atoms with Crippen LogP contribution >= 0.6 is 37.2 Å². The summed E-state index contributed by atoms with van der Waals surface area (Å²) < 4.78 is 22.3. The summed E-state index contributed by atoms with van der Waals surface area (Å²) in [5, 5.41) is 0. The Balaban J connectivity index is 0. The summed E-state index contributed by atoms with van der Waals surface area (Å²) >= 11 is 2.73. The second-order valence-corrected chi connectivity index (χ2v) is 4.91. The molecule has 2 rings (SSSR count). The average molecular weight is 576 g/mol. The molecule has 2 aromatic rings. The molecule has 0 bridgehead atoms. The van der Waals surface area contributed by atoms with Gasteiger partial charge in [-0.1, -0.05) is 45.4 Å². The smallest absolute Gasteiger partial charge is 0.240 e. The molecule has 0 saturated heterocycles. The SMILES string of the molecule is CC.CC.COc1ccc(S(=O)Oc2ccc(C)cc2)cc1.II. The van der Waals surface area contributed by atoms with Gasteiger partial charge in [-0.05, 0) is 43.3 Å². The first-order valence-electron chi connectivity index (χ1n) is 7.64. The average Bonchev–Trinajstić information content (AvgIpc) is 2.68. The third kappa shape index (κ3) is 10.5. The molecule has 24 heavy (non-hydrogen) atoms. The van der Waals surface area contributed by atoms with Gasteiger partial charge in [-0.2, -0.15) is 0 Å². The molecule has 0 saturated carbocycles. The number of hydrogen-bond acceptors (Lipinski definition) is 3. The fourth-order valence-electron chi connectivity index (χ4n) is 1.42. The topological polar surface area (TPSA) is 35.5 Å². The van der Waals surface area contributed by atoms with Crippen molar-refractivity contribution in [2.24, 2.45) is 0 Å². The zero-order chi connectivity index (χ0) is 19.0. The van der Waals surface area contributed by atoms with Crippen LogP contribution in [0.4, 0.5) is 0 Å². The van der Waals surface area contributed by atoms with Crippen LogP contribution in [0.15, 0.2) is 53.4 Å². The van der Waals surface area contributed by atoms with Crippen LogP contribution in [0.3, 0.4) is 0 Å². The predicted molar refractivity (Wildman–Crippen MR) is 122 cm³/mol. The van der Waals surface area contributed by atoms with Crippen molar-refractivity contribution in [1.82, 2.24) is 0 Å². The van der Waals surface area contributed by atoms with Crippen molar-refractivity contribution in [3.05, 3.63) is 54.1 Å². The Morgan fingerprint density at radius 2 is 1.21 bits per heavy atom. The van der Waals surface area contributed by atoms with Crippen LogP contribution in [0.1, 0.15) is 33.3 Å². The molecule has 1 unspecified atom stereocenters. The summed E-state index contributed by atoms with van der Waals surface area (Å²) in [6.45, 7) is 9.99. The Morgan fingerprint density at radius 3 is 1.62 bits per heavy atom. The molecule has 6 heteroatoms. The largest absolute Gasteiger partial charge is 0.497 e. The molecule has 0 aliphatic rings. The van der Waals surface area contributed by atoms with Crippen LogP contribution in [0, 0.1) is 6.92 Å². The second kappa shape index (κ2) is 17.5. The molecule has 2 aromatic carbocycles. The van der Waals surface area contributed by atoms with Crippen molar-refractivity contribution in [3.8, 4) is 11.5 Å². The van der Waals surface area contributed by atoms with Gasteiger partial charge in [0.1, 0.15) is 11.5 Å². The highest BCUT2D eigenvalue weighted by molar-refractivity contribution is 15.0. The van der Waals surface area contributed by atoms with Crippen molar-refractivity contribution in [1.29, 1.82) is 0 Å². The van der Waals surface area contributed by atoms with Gasteiger partial charge < -0.3 is 8.92 Å². The molecule has 0 aliphatic carbocycles. The second-order valence-electron chi connectivity index (χ2n) is 3.81. The maximum absolute atomic E-state index is 11.9. The van der Waals surface area contributed by atoms with Crippen LogP contribution < -0.4 is 8.92 Å². The highest BCUT2D eigenvalue weighted by Gasteiger charge is 2.06. The van der Waals surface area contributed by atoms with E-state index in [1.165, 1.54) is 0 Å². The lowest BCUT2D eigenvalue weighted by Gasteiger charge is -2.05. The van der Waals surface area contributed by atoms with Gasteiger partial charge in [0, 0.05) is 37.2 Å².